The zero-order valence-corrected chi connectivity index (χ0v) is 15.9. The zero-order valence-electron chi connectivity index (χ0n) is 15.9. The van der Waals surface area contributed by atoms with Gasteiger partial charge in [0.15, 0.2) is 5.52 Å². The van der Waals surface area contributed by atoms with E-state index in [9.17, 15) is 28.1 Å². The molecule has 1 heterocycles. The first kappa shape index (κ1) is 20.8. The minimum absolute atomic E-state index is 0.0284. The highest BCUT2D eigenvalue weighted by Crippen LogP contribution is 2.35. The molecule has 0 radical (unpaired) electrons. The first-order valence-electron chi connectivity index (χ1n) is 8.98. The molecule has 0 spiro atoms. The number of fused-ring (bicyclic) bond motifs is 1. The predicted molar refractivity (Wildman–Crippen MR) is 108 cm³/mol. The number of carbonyl (C=O) groups is 1. The zero-order chi connectivity index (χ0) is 22.9. The summed E-state index contributed by atoms with van der Waals surface area (Å²) >= 11 is 0. The van der Waals surface area contributed by atoms with E-state index in [1.165, 1.54) is 54.6 Å². The van der Waals surface area contributed by atoms with Crippen LogP contribution in [0.3, 0.4) is 0 Å². The summed E-state index contributed by atoms with van der Waals surface area (Å²) in [5, 5.41) is 23.5. The quantitative estimate of drug-likeness (QED) is 0.323. The van der Waals surface area contributed by atoms with Crippen LogP contribution in [-0.2, 0) is 6.18 Å². The van der Waals surface area contributed by atoms with E-state index in [0.29, 0.717) is 11.4 Å². The third kappa shape index (κ3) is 4.05. The average molecular weight is 443 g/mol. The van der Waals surface area contributed by atoms with Crippen LogP contribution in [0.4, 0.5) is 35.9 Å². The van der Waals surface area contributed by atoms with E-state index in [-0.39, 0.29) is 28.0 Å². The smallest absolute Gasteiger partial charge is 0.354 e. The minimum atomic E-state index is -4.61. The fraction of sp³-hybridized carbons (Fsp3) is 0.0500. The number of non-ortho nitro benzene ring substituents is 1. The molecule has 1 amide bonds. The van der Waals surface area contributed by atoms with Crippen molar-refractivity contribution in [2.24, 2.45) is 0 Å². The van der Waals surface area contributed by atoms with E-state index in [2.05, 4.69) is 25.6 Å². The summed E-state index contributed by atoms with van der Waals surface area (Å²) in [5.41, 5.74) is -0.445. The molecule has 0 aliphatic rings. The molecule has 2 N–H and O–H groups in total. The van der Waals surface area contributed by atoms with Crippen molar-refractivity contribution in [2.45, 2.75) is 6.18 Å². The van der Waals surface area contributed by atoms with Gasteiger partial charge in [0.1, 0.15) is 0 Å². The Morgan fingerprint density at radius 1 is 0.938 bits per heavy atom. The molecule has 0 unspecified atom stereocenters. The number of hydrogen-bond donors (Lipinski definition) is 2. The van der Waals surface area contributed by atoms with Crippen molar-refractivity contribution < 1.29 is 27.5 Å². The number of nitro benzene ring substituents is 1. The van der Waals surface area contributed by atoms with Crippen LogP contribution in [0.5, 0.6) is 0 Å². The second kappa shape index (κ2) is 7.98. The molecule has 0 atom stereocenters. The predicted octanol–water partition coefficient (Wildman–Crippen LogP) is 5.15. The number of alkyl halides is 3. The van der Waals surface area contributed by atoms with Crippen molar-refractivity contribution in [3.8, 4) is 0 Å². The SMILES string of the molecule is O=C(Nc1ccccc1C(F)(F)F)c1ccc(Nc2ccc([N+](=O)[O-])c3nonc23)cc1. The molecule has 0 bridgehead atoms. The van der Waals surface area contributed by atoms with Crippen LogP contribution in [-0.4, -0.2) is 21.1 Å². The number of anilines is 3. The number of carbonyl (C=O) groups excluding carboxylic acids is 1. The van der Waals surface area contributed by atoms with Gasteiger partial charge in [0.25, 0.3) is 5.91 Å². The van der Waals surface area contributed by atoms with Crippen molar-refractivity contribution in [1.82, 2.24) is 10.3 Å². The molecule has 0 saturated carbocycles. The lowest BCUT2D eigenvalue weighted by Crippen LogP contribution is -2.16. The fourth-order valence-corrected chi connectivity index (χ4v) is 3.00. The second-order valence-electron chi connectivity index (χ2n) is 6.55. The maximum Gasteiger partial charge on any atom is 0.418 e. The van der Waals surface area contributed by atoms with Crippen molar-refractivity contribution in [2.75, 3.05) is 10.6 Å². The maximum atomic E-state index is 13.1. The molecule has 0 fully saturated rings. The highest BCUT2D eigenvalue weighted by Gasteiger charge is 2.33. The molecule has 12 heteroatoms. The Labute approximate surface area is 177 Å². The number of aromatic nitrogens is 2. The molecule has 0 aliphatic heterocycles. The molecule has 0 aliphatic carbocycles. The van der Waals surface area contributed by atoms with Gasteiger partial charge in [0.05, 0.1) is 21.9 Å². The van der Waals surface area contributed by atoms with E-state index in [1.807, 2.05) is 0 Å². The molecule has 32 heavy (non-hydrogen) atoms. The summed E-state index contributed by atoms with van der Waals surface area (Å²) in [6.07, 6.45) is -4.61. The number of hydrogen-bond acceptors (Lipinski definition) is 7. The van der Waals surface area contributed by atoms with E-state index in [1.54, 1.807) is 0 Å². The number of nitro groups is 1. The van der Waals surface area contributed by atoms with Gasteiger partial charge in [0.2, 0.25) is 5.52 Å². The molecule has 162 valence electrons. The maximum absolute atomic E-state index is 13.1. The van der Waals surface area contributed by atoms with Gasteiger partial charge in [0, 0.05) is 17.3 Å². The largest absolute Gasteiger partial charge is 0.418 e. The normalized spacial score (nSPS) is 11.3. The number of nitrogens with one attached hydrogen (secondary N) is 2. The van der Waals surface area contributed by atoms with E-state index in [0.717, 1.165) is 6.07 Å². The molecular formula is C20H12F3N5O4. The van der Waals surface area contributed by atoms with Crippen molar-refractivity contribution in [1.29, 1.82) is 0 Å². The molecule has 4 rings (SSSR count). The number of para-hydroxylation sites is 1. The van der Waals surface area contributed by atoms with Gasteiger partial charge in [-0.1, -0.05) is 12.1 Å². The van der Waals surface area contributed by atoms with Crippen molar-refractivity contribution in [3.63, 3.8) is 0 Å². The Balaban J connectivity index is 1.53. The Bertz CT molecular complexity index is 1320. The van der Waals surface area contributed by atoms with Gasteiger partial charge < -0.3 is 10.6 Å². The first-order chi connectivity index (χ1) is 15.2. The lowest BCUT2D eigenvalue weighted by molar-refractivity contribution is -0.383. The standard InChI is InChI=1S/C20H12F3N5O4/c21-20(22,23)13-3-1-2-4-14(13)25-19(29)11-5-7-12(8-6-11)24-15-9-10-16(28(30)31)18-17(15)26-32-27-18/h1-10,24H,(H,25,29). The van der Waals surface area contributed by atoms with Crippen LogP contribution in [0, 0.1) is 10.1 Å². The number of amides is 1. The van der Waals surface area contributed by atoms with Crippen LogP contribution in [0.1, 0.15) is 15.9 Å². The van der Waals surface area contributed by atoms with Crippen LogP contribution >= 0.6 is 0 Å². The molecule has 4 aromatic rings. The third-order valence-electron chi connectivity index (χ3n) is 4.50. The topological polar surface area (TPSA) is 123 Å². The summed E-state index contributed by atoms with van der Waals surface area (Å²) in [4.78, 5) is 22.9. The summed E-state index contributed by atoms with van der Waals surface area (Å²) in [6.45, 7) is 0. The number of benzene rings is 3. The van der Waals surface area contributed by atoms with Crippen LogP contribution in [0.25, 0.3) is 11.0 Å². The Kier molecular flexibility index (Phi) is 5.18. The van der Waals surface area contributed by atoms with Crippen molar-refractivity contribution in [3.05, 3.63) is 81.9 Å². The molecule has 3 aromatic carbocycles. The number of nitrogens with zero attached hydrogens (tertiary/aromatic N) is 3. The monoisotopic (exact) mass is 443 g/mol. The Hall–Kier alpha value is -4.48. The lowest BCUT2D eigenvalue weighted by Gasteiger charge is -2.13. The summed E-state index contributed by atoms with van der Waals surface area (Å²) in [7, 11) is 0. The number of rotatable bonds is 5. The average Bonchev–Trinajstić information content (AvgIpc) is 3.24. The highest BCUT2D eigenvalue weighted by molar-refractivity contribution is 6.05. The lowest BCUT2D eigenvalue weighted by atomic mass is 10.1. The van der Waals surface area contributed by atoms with E-state index >= 15 is 0 Å². The van der Waals surface area contributed by atoms with Crippen LogP contribution in [0.2, 0.25) is 0 Å². The summed E-state index contributed by atoms with van der Waals surface area (Å²) in [5.74, 6) is -0.716. The molecule has 9 nitrogen and oxygen atoms in total. The van der Waals surface area contributed by atoms with Gasteiger partial charge in [-0.3, -0.25) is 14.9 Å². The van der Waals surface area contributed by atoms with Gasteiger partial charge in [-0.25, -0.2) is 4.63 Å². The van der Waals surface area contributed by atoms with Gasteiger partial charge >= 0.3 is 11.9 Å². The Morgan fingerprint density at radius 3 is 2.31 bits per heavy atom. The molecule has 0 saturated heterocycles. The minimum Gasteiger partial charge on any atom is -0.354 e. The summed E-state index contributed by atoms with van der Waals surface area (Å²) < 4.78 is 43.9. The van der Waals surface area contributed by atoms with E-state index in [4.69, 9.17) is 0 Å². The molecule has 1 aromatic heterocycles. The molecular weight excluding hydrogens is 431 g/mol. The van der Waals surface area contributed by atoms with E-state index < -0.39 is 22.6 Å². The Morgan fingerprint density at radius 2 is 1.62 bits per heavy atom. The van der Waals surface area contributed by atoms with Gasteiger partial charge in [-0.2, -0.15) is 13.2 Å². The fourth-order valence-electron chi connectivity index (χ4n) is 3.00. The van der Waals surface area contributed by atoms with Crippen LogP contribution in [0.15, 0.2) is 65.3 Å². The van der Waals surface area contributed by atoms with Gasteiger partial charge in [-0.15, -0.1) is 0 Å². The van der Waals surface area contributed by atoms with Crippen LogP contribution < -0.4 is 10.6 Å². The van der Waals surface area contributed by atoms with Gasteiger partial charge in [-0.05, 0) is 52.8 Å². The third-order valence-corrected chi connectivity index (χ3v) is 4.50. The first-order valence-corrected chi connectivity index (χ1v) is 8.98. The number of halogens is 3. The van der Waals surface area contributed by atoms with Crippen molar-refractivity contribution >= 4 is 39.7 Å². The highest BCUT2D eigenvalue weighted by atomic mass is 19.4. The second-order valence-corrected chi connectivity index (χ2v) is 6.55. The summed E-state index contributed by atoms with van der Waals surface area (Å²) in [6, 6.07) is 13.2.